The van der Waals surface area contributed by atoms with Crippen LogP contribution in [0.25, 0.3) is 0 Å². The Labute approximate surface area is 130 Å². The molecule has 20 heavy (non-hydrogen) atoms. The molecule has 1 saturated heterocycles. The molecule has 2 rings (SSSR count). The fourth-order valence-electron chi connectivity index (χ4n) is 2.51. The third-order valence-corrected chi connectivity index (χ3v) is 5.13. The predicted molar refractivity (Wildman–Crippen MR) is 85.8 cm³/mol. The van der Waals surface area contributed by atoms with Crippen LogP contribution < -0.4 is 5.32 Å². The standard InChI is InChI=1S/C14H24ClN3OS/c1-4-5-16-11(13-9-20-7-6-19-13)8-12-14(15)10(2)17-18(12)3/h11,13,16H,4-9H2,1-3H3. The molecule has 1 fully saturated rings. The quantitative estimate of drug-likeness (QED) is 0.874. The summed E-state index contributed by atoms with van der Waals surface area (Å²) in [6.07, 6.45) is 2.24. The SMILES string of the molecule is CCCNC(Cc1c(Cl)c(C)nn1C)C1CSCCO1. The van der Waals surface area contributed by atoms with Gasteiger partial charge in [-0.2, -0.15) is 16.9 Å². The van der Waals surface area contributed by atoms with E-state index in [4.69, 9.17) is 16.3 Å². The summed E-state index contributed by atoms with van der Waals surface area (Å²) in [6.45, 7) is 5.98. The van der Waals surface area contributed by atoms with E-state index in [1.54, 1.807) is 0 Å². The van der Waals surface area contributed by atoms with Crippen LogP contribution in [0.1, 0.15) is 24.7 Å². The second-order valence-electron chi connectivity index (χ2n) is 5.22. The molecule has 0 aromatic carbocycles. The van der Waals surface area contributed by atoms with Gasteiger partial charge in [-0.05, 0) is 19.9 Å². The molecule has 0 aliphatic carbocycles. The van der Waals surface area contributed by atoms with Gasteiger partial charge < -0.3 is 10.1 Å². The van der Waals surface area contributed by atoms with Crippen LogP contribution in [0.15, 0.2) is 0 Å². The van der Waals surface area contributed by atoms with Gasteiger partial charge in [0.15, 0.2) is 0 Å². The van der Waals surface area contributed by atoms with Crippen molar-refractivity contribution in [3.63, 3.8) is 0 Å². The molecule has 4 nitrogen and oxygen atoms in total. The van der Waals surface area contributed by atoms with E-state index in [1.807, 2.05) is 30.4 Å². The molecule has 6 heteroatoms. The van der Waals surface area contributed by atoms with Crippen molar-refractivity contribution < 1.29 is 4.74 Å². The summed E-state index contributed by atoms with van der Waals surface area (Å²) < 4.78 is 7.84. The highest BCUT2D eigenvalue weighted by Crippen LogP contribution is 2.24. The number of ether oxygens (including phenoxy) is 1. The lowest BCUT2D eigenvalue weighted by molar-refractivity contribution is 0.0467. The molecule has 2 heterocycles. The molecule has 0 amide bonds. The minimum absolute atomic E-state index is 0.256. The van der Waals surface area contributed by atoms with Crippen LogP contribution in [-0.2, 0) is 18.2 Å². The lowest BCUT2D eigenvalue weighted by Gasteiger charge is -2.31. The topological polar surface area (TPSA) is 39.1 Å². The second-order valence-corrected chi connectivity index (χ2v) is 6.75. The Morgan fingerprint density at radius 1 is 1.60 bits per heavy atom. The molecule has 114 valence electrons. The molecule has 0 bridgehead atoms. The summed E-state index contributed by atoms with van der Waals surface area (Å²) in [5.41, 5.74) is 1.99. The number of hydrogen-bond donors (Lipinski definition) is 1. The first-order valence-corrected chi connectivity index (χ1v) is 8.77. The monoisotopic (exact) mass is 317 g/mol. The van der Waals surface area contributed by atoms with E-state index < -0.39 is 0 Å². The Morgan fingerprint density at radius 2 is 2.40 bits per heavy atom. The Balaban J connectivity index is 2.09. The normalized spacial score (nSPS) is 21.1. The van der Waals surface area contributed by atoms with Gasteiger partial charge in [-0.25, -0.2) is 0 Å². The number of hydrogen-bond acceptors (Lipinski definition) is 4. The van der Waals surface area contributed by atoms with E-state index in [0.29, 0.717) is 6.04 Å². The lowest BCUT2D eigenvalue weighted by Crippen LogP contribution is -2.46. The summed E-state index contributed by atoms with van der Waals surface area (Å²) in [5, 5.41) is 8.80. The molecule has 0 saturated carbocycles. The van der Waals surface area contributed by atoms with Gasteiger partial charge in [-0.15, -0.1) is 0 Å². The molecule has 1 aliphatic rings. The molecular formula is C14H24ClN3OS. The molecule has 1 aliphatic heterocycles. The van der Waals surface area contributed by atoms with Crippen LogP contribution in [-0.4, -0.2) is 46.6 Å². The van der Waals surface area contributed by atoms with Gasteiger partial charge in [0.1, 0.15) is 0 Å². The molecule has 2 atom stereocenters. The third-order valence-electron chi connectivity index (χ3n) is 3.62. The minimum Gasteiger partial charge on any atom is -0.375 e. The molecule has 1 aromatic heterocycles. The zero-order chi connectivity index (χ0) is 14.5. The van der Waals surface area contributed by atoms with Crippen molar-refractivity contribution in [1.29, 1.82) is 0 Å². The maximum absolute atomic E-state index is 6.37. The van der Waals surface area contributed by atoms with E-state index in [-0.39, 0.29) is 6.10 Å². The predicted octanol–water partition coefficient (Wildman–Crippen LogP) is 2.42. The van der Waals surface area contributed by atoms with Crippen molar-refractivity contribution in [2.75, 3.05) is 24.7 Å². The zero-order valence-electron chi connectivity index (χ0n) is 12.5. The summed E-state index contributed by atoms with van der Waals surface area (Å²) in [6, 6.07) is 0.301. The first kappa shape index (κ1) is 16.1. The van der Waals surface area contributed by atoms with Gasteiger partial charge in [0.05, 0.1) is 29.1 Å². The van der Waals surface area contributed by atoms with E-state index in [0.717, 1.165) is 53.9 Å². The Hall–Kier alpha value is -0.230. The summed E-state index contributed by atoms with van der Waals surface area (Å²) in [5.74, 6) is 2.15. The Morgan fingerprint density at radius 3 is 2.95 bits per heavy atom. The van der Waals surface area contributed by atoms with Crippen LogP contribution in [0.2, 0.25) is 5.02 Å². The van der Waals surface area contributed by atoms with Gasteiger partial charge in [0.2, 0.25) is 0 Å². The highest BCUT2D eigenvalue weighted by atomic mass is 35.5. The van der Waals surface area contributed by atoms with Crippen LogP contribution in [0.4, 0.5) is 0 Å². The average Bonchev–Trinajstić information content (AvgIpc) is 2.70. The average molecular weight is 318 g/mol. The van der Waals surface area contributed by atoms with Crippen molar-refractivity contribution in [3.05, 3.63) is 16.4 Å². The van der Waals surface area contributed by atoms with Crippen molar-refractivity contribution in [1.82, 2.24) is 15.1 Å². The van der Waals surface area contributed by atoms with Crippen molar-refractivity contribution in [2.45, 2.75) is 38.8 Å². The van der Waals surface area contributed by atoms with Gasteiger partial charge >= 0.3 is 0 Å². The van der Waals surface area contributed by atoms with Crippen LogP contribution in [0.3, 0.4) is 0 Å². The molecule has 1 N–H and O–H groups in total. The minimum atomic E-state index is 0.256. The molecule has 1 aromatic rings. The second kappa shape index (κ2) is 7.69. The zero-order valence-corrected chi connectivity index (χ0v) is 14.1. The molecule has 0 spiro atoms. The number of nitrogens with one attached hydrogen (secondary N) is 1. The van der Waals surface area contributed by atoms with E-state index in [9.17, 15) is 0 Å². The molecule has 0 radical (unpaired) electrons. The number of aryl methyl sites for hydroxylation is 2. The molecule has 2 unspecified atom stereocenters. The third kappa shape index (κ3) is 3.91. The van der Waals surface area contributed by atoms with Crippen molar-refractivity contribution >= 4 is 23.4 Å². The number of thioether (sulfide) groups is 1. The Kier molecular flexibility index (Phi) is 6.20. The van der Waals surface area contributed by atoms with E-state index in [2.05, 4.69) is 17.3 Å². The summed E-state index contributed by atoms with van der Waals surface area (Å²) in [7, 11) is 1.96. The first-order chi connectivity index (χ1) is 9.63. The van der Waals surface area contributed by atoms with Crippen LogP contribution in [0, 0.1) is 6.92 Å². The number of rotatable bonds is 6. The molecular weight excluding hydrogens is 294 g/mol. The maximum Gasteiger partial charge on any atom is 0.0847 e. The number of nitrogens with zero attached hydrogens (tertiary/aromatic N) is 2. The highest BCUT2D eigenvalue weighted by Gasteiger charge is 2.27. The van der Waals surface area contributed by atoms with Crippen LogP contribution >= 0.6 is 23.4 Å². The number of aromatic nitrogens is 2. The van der Waals surface area contributed by atoms with E-state index >= 15 is 0 Å². The first-order valence-electron chi connectivity index (χ1n) is 7.24. The van der Waals surface area contributed by atoms with Crippen molar-refractivity contribution in [3.8, 4) is 0 Å². The number of halogens is 1. The largest absolute Gasteiger partial charge is 0.375 e. The van der Waals surface area contributed by atoms with Crippen molar-refractivity contribution in [2.24, 2.45) is 7.05 Å². The summed E-state index contributed by atoms with van der Waals surface area (Å²) in [4.78, 5) is 0. The fraction of sp³-hybridized carbons (Fsp3) is 0.786. The van der Waals surface area contributed by atoms with E-state index in [1.165, 1.54) is 0 Å². The summed E-state index contributed by atoms with van der Waals surface area (Å²) >= 11 is 8.34. The fourth-order valence-corrected chi connectivity index (χ4v) is 3.69. The van der Waals surface area contributed by atoms with Crippen LogP contribution in [0.5, 0.6) is 0 Å². The van der Waals surface area contributed by atoms with Gasteiger partial charge in [-0.1, -0.05) is 18.5 Å². The highest BCUT2D eigenvalue weighted by molar-refractivity contribution is 7.99. The maximum atomic E-state index is 6.37. The van der Waals surface area contributed by atoms with Gasteiger partial charge in [-0.3, -0.25) is 4.68 Å². The van der Waals surface area contributed by atoms with Gasteiger partial charge in [0, 0.05) is 31.0 Å². The lowest BCUT2D eigenvalue weighted by atomic mass is 10.1. The van der Waals surface area contributed by atoms with Gasteiger partial charge in [0.25, 0.3) is 0 Å². The smallest absolute Gasteiger partial charge is 0.0847 e. The Bertz CT molecular complexity index is 432.